The molecule has 0 bridgehead atoms. The Hall–Kier alpha value is -3.20. The summed E-state index contributed by atoms with van der Waals surface area (Å²) in [5, 5.41) is 9.47. The first kappa shape index (κ1) is 18.2. The van der Waals surface area contributed by atoms with Gasteiger partial charge >= 0.3 is 0 Å². The number of nitriles is 1. The predicted octanol–water partition coefficient (Wildman–Crippen LogP) is 5.07. The first-order chi connectivity index (χ1) is 13.7. The van der Waals surface area contributed by atoms with Crippen LogP contribution in [0, 0.1) is 18.3 Å². The van der Waals surface area contributed by atoms with Crippen molar-refractivity contribution in [3.05, 3.63) is 53.4 Å². The molecule has 144 valence electrons. The van der Waals surface area contributed by atoms with Gasteiger partial charge in [-0.2, -0.15) is 10.2 Å². The highest BCUT2D eigenvalue weighted by atomic mass is 16.5. The average molecular weight is 377 g/mol. The van der Waals surface area contributed by atoms with Gasteiger partial charge in [-0.05, 0) is 49.6 Å². The number of ether oxygens (including phenoxy) is 1. The van der Waals surface area contributed by atoms with Gasteiger partial charge in [0.05, 0.1) is 0 Å². The molecule has 1 aromatic carbocycles. The zero-order chi connectivity index (χ0) is 19.3. The van der Waals surface area contributed by atoms with Gasteiger partial charge < -0.3 is 18.5 Å². The molecular weight excluding hydrogens is 354 g/mol. The molecule has 0 radical (unpaired) electrons. The van der Waals surface area contributed by atoms with E-state index in [0.717, 1.165) is 37.2 Å². The maximum Gasteiger partial charge on any atom is 0.266 e. The van der Waals surface area contributed by atoms with Crippen molar-refractivity contribution in [1.82, 2.24) is 4.98 Å². The summed E-state index contributed by atoms with van der Waals surface area (Å²) in [7, 11) is 0. The number of nitrogens with zero attached hydrogens (tertiary/aromatic N) is 3. The van der Waals surface area contributed by atoms with Crippen LogP contribution in [0.15, 0.2) is 45.2 Å². The van der Waals surface area contributed by atoms with Crippen molar-refractivity contribution in [2.75, 3.05) is 18.0 Å². The van der Waals surface area contributed by atoms with Crippen LogP contribution in [0.3, 0.4) is 0 Å². The van der Waals surface area contributed by atoms with Crippen molar-refractivity contribution in [2.45, 2.75) is 39.2 Å². The van der Waals surface area contributed by atoms with Crippen LogP contribution in [0.4, 0.5) is 5.88 Å². The van der Waals surface area contributed by atoms with Crippen molar-refractivity contribution in [3.63, 3.8) is 0 Å². The number of furan rings is 1. The van der Waals surface area contributed by atoms with Crippen LogP contribution in [0.2, 0.25) is 0 Å². The number of hydrogen-bond donors (Lipinski definition) is 0. The number of aryl methyl sites for hydroxylation is 1. The molecule has 28 heavy (non-hydrogen) atoms. The Morgan fingerprint density at radius 2 is 1.93 bits per heavy atom. The van der Waals surface area contributed by atoms with Crippen molar-refractivity contribution in [2.24, 2.45) is 0 Å². The zero-order valence-electron chi connectivity index (χ0n) is 16.0. The molecular formula is C22H23N3O3. The summed E-state index contributed by atoms with van der Waals surface area (Å²) in [6.45, 7) is 4.11. The molecule has 0 aliphatic carbocycles. The molecule has 2 aromatic heterocycles. The fraction of sp³-hybridized carbons (Fsp3) is 0.364. The molecule has 0 unspecified atom stereocenters. The van der Waals surface area contributed by atoms with Gasteiger partial charge in [-0.1, -0.05) is 25.0 Å². The molecule has 0 N–H and O–H groups in total. The lowest BCUT2D eigenvalue weighted by Crippen LogP contribution is -2.24. The molecule has 3 aromatic rings. The zero-order valence-corrected chi connectivity index (χ0v) is 16.0. The van der Waals surface area contributed by atoms with Crippen molar-refractivity contribution in [1.29, 1.82) is 5.26 Å². The minimum atomic E-state index is 0.311. The monoisotopic (exact) mass is 377 g/mol. The molecule has 1 fully saturated rings. The van der Waals surface area contributed by atoms with Crippen LogP contribution in [0.25, 0.3) is 11.7 Å². The minimum absolute atomic E-state index is 0.311. The van der Waals surface area contributed by atoms with Gasteiger partial charge in [0.1, 0.15) is 24.2 Å². The Morgan fingerprint density at radius 1 is 1.11 bits per heavy atom. The van der Waals surface area contributed by atoms with Crippen LogP contribution in [-0.4, -0.2) is 18.1 Å². The number of aromatic nitrogens is 1. The number of anilines is 1. The Morgan fingerprint density at radius 3 is 2.68 bits per heavy atom. The second-order valence-corrected chi connectivity index (χ2v) is 7.06. The first-order valence-corrected chi connectivity index (χ1v) is 9.67. The van der Waals surface area contributed by atoms with E-state index in [0.29, 0.717) is 35.6 Å². The van der Waals surface area contributed by atoms with E-state index in [1.165, 1.54) is 12.8 Å². The molecule has 1 aliphatic rings. The standard InChI is InChI=1S/C22H23N3O3/c1-16-7-6-8-17(13-16)26-15-18-9-10-20(27-18)21-24-19(14-23)22(28-21)25-11-4-2-3-5-12-25/h6-10,13H,2-5,11-12,15H2,1H3. The third-order valence-corrected chi connectivity index (χ3v) is 4.85. The summed E-state index contributed by atoms with van der Waals surface area (Å²) in [4.78, 5) is 6.46. The van der Waals surface area contributed by atoms with E-state index >= 15 is 0 Å². The molecule has 1 aliphatic heterocycles. The van der Waals surface area contributed by atoms with E-state index in [-0.39, 0.29) is 0 Å². The topological polar surface area (TPSA) is 75.4 Å². The molecule has 4 rings (SSSR count). The summed E-state index contributed by atoms with van der Waals surface area (Å²) in [6.07, 6.45) is 4.62. The minimum Gasteiger partial charge on any atom is -0.486 e. The quantitative estimate of drug-likeness (QED) is 0.617. The number of hydrogen-bond acceptors (Lipinski definition) is 6. The molecule has 3 heterocycles. The van der Waals surface area contributed by atoms with Gasteiger partial charge in [-0.25, -0.2) is 0 Å². The van der Waals surface area contributed by atoms with E-state index < -0.39 is 0 Å². The van der Waals surface area contributed by atoms with Gasteiger partial charge in [0.2, 0.25) is 11.6 Å². The third-order valence-electron chi connectivity index (χ3n) is 4.85. The highest BCUT2D eigenvalue weighted by Crippen LogP contribution is 2.31. The van der Waals surface area contributed by atoms with Crippen molar-refractivity contribution < 1.29 is 13.6 Å². The van der Waals surface area contributed by atoms with Gasteiger partial charge in [0, 0.05) is 13.1 Å². The van der Waals surface area contributed by atoms with Crippen molar-refractivity contribution >= 4 is 5.88 Å². The molecule has 0 spiro atoms. The lowest BCUT2D eigenvalue weighted by molar-refractivity contribution is 0.271. The fourth-order valence-electron chi connectivity index (χ4n) is 3.41. The number of benzene rings is 1. The Kier molecular flexibility index (Phi) is 5.34. The van der Waals surface area contributed by atoms with Gasteiger partial charge in [0.15, 0.2) is 5.76 Å². The van der Waals surface area contributed by atoms with Crippen molar-refractivity contribution in [3.8, 4) is 23.5 Å². The fourth-order valence-corrected chi connectivity index (χ4v) is 3.41. The van der Waals surface area contributed by atoms with E-state index in [9.17, 15) is 5.26 Å². The molecule has 6 heteroatoms. The highest BCUT2D eigenvalue weighted by Gasteiger charge is 2.22. The number of rotatable bonds is 5. The van der Waals surface area contributed by atoms with Gasteiger partial charge in [-0.3, -0.25) is 0 Å². The van der Waals surface area contributed by atoms with Crippen LogP contribution in [0.5, 0.6) is 5.75 Å². The Balaban J connectivity index is 1.49. The average Bonchev–Trinajstić information content (AvgIpc) is 3.26. The second-order valence-electron chi connectivity index (χ2n) is 7.06. The van der Waals surface area contributed by atoms with E-state index in [1.807, 2.05) is 37.3 Å². The Bertz CT molecular complexity index is 975. The number of oxazole rings is 1. The predicted molar refractivity (Wildman–Crippen MR) is 105 cm³/mol. The molecule has 0 amide bonds. The largest absolute Gasteiger partial charge is 0.486 e. The molecule has 0 atom stereocenters. The first-order valence-electron chi connectivity index (χ1n) is 9.67. The highest BCUT2D eigenvalue weighted by molar-refractivity contribution is 5.56. The summed E-state index contributed by atoms with van der Waals surface area (Å²) in [6, 6.07) is 13.7. The van der Waals surface area contributed by atoms with Gasteiger partial charge in [-0.15, -0.1) is 0 Å². The lowest BCUT2D eigenvalue weighted by Gasteiger charge is -2.18. The Labute approximate surface area is 164 Å². The molecule has 0 saturated carbocycles. The van der Waals surface area contributed by atoms with Crippen LogP contribution in [0.1, 0.15) is 42.7 Å². The van der Waals surface area contributed by atoms with Crippen LogP contribution < -0.4 is 9.64 Å². The van der Waals surface area contributed by atoms with E-state index in [2.05, 4.69) is 16.0 Å². The van der Waals surface area contributed by atoms with Gasteiger partial charge in [0.25, 0.3) is 5.89 Å². The summed E-state index contributed by atoms with van der Waals surface area (Å²) in [5.41, 5.74) is 1.45. The van der Waals surface area contributed by atoms with Crippen LogP contribution in [-0.2, 0) is 6.61 Å². The maximum atomic E-state index is 9.47. The summed E-state index contributed by atoms with van der Waals surface area (Å²) in [5.74, 6) is 2.85. The molecule has 1 saturated heterocycles. The smallest absolute Gasteiger partial charge is 0.266 e. The summed E-state index contributed by atoms with van der Waals surface area (Å²) >= 11 is 0. The van der Waals surface area contributed by atoms with E-state index in [1.54, 1.807) is 6.07 Å². The normalized spacial score (nSPS) is 14.5. The van der Waals surface area contributed by atoms with E-state index in [4.69, 9.17) is 13.6 Å². The summed E-state index contributed by atoms with van der Waals surface area (Å²) < 4.78 is 17.5. The SMILES string of the molecule is Cc1cccc(OCc2ccc(-c3nc(C#N)c(N4CCCCCC4)o3)o2)c1. The van der Waals surface area contributed by atoms with Crippen LogP contribution >= 0.6 is 0 Å². The third kappa shape index (κ3) is 4.04. The second kappa shape index (κ2) is 8.22. The lowest BCUT2D eigenvalue weighted by atomic mass is 10.2. The maximum absolute atomic E-state index is 9.47. The molecule has 6 nitrogen and oxygen atoms in total.